The van der Waals surface area contributed by atoms with Gasteiger partial charge >= 0.3 is 0 Å². The van der Waals surface area contributed by atoms with Crippen LogP contribution in [0.1, 0.15) is 0 Å². The molecule has 0 atom stereocenters. The van der Waals surface area contributed by atoms with Crippen molar-refractivity contribution >= 4 is 31.6 Å². The molecule has 0 aliphatic rings. The van der Waals surface area contributed by atoms with E-state index < -0.39 is 15.8 Å². The largest absolute Gasteiger partial charge is 0.284 e. The highest BCUT2D eigenvalue weighted by Crippen LogP contribution is 2.25. The lowest BCUT2D eigenvalue weighted by Crippen LogP contribution is -2.12. The molecule has 0 aliphatic heterocycles. The van der Waals surface area contributed by atoms with Crippen LogP contribution in [0.2, 0.25) is 0 Å². The predicted molar refractivity (Wildman–Crippen MR) is 63.5 cm³/mol. The molecule has 90 valence electrons. The van der Waals surface area contributed by atoms with E-state index in [1.807, 2.05) is 0 Å². The number of halogens is 2. The van der Waals surface area contributed by atoms with Gasteiger partial charge in [-0.15, -0.1) is 0 Å². The van der Waals surface area contributed by atoms with E-state index in [4.69, 9.17) is 0 Å². The van der Waals surface area contributed by atoms with Crippen LogP contribution in [-0.4, -0.2) is 18.6 Å². The SMILES string of the molecule is O=S(=O)(Nc1cc(F)ccc1Br)c1cn[nH]c1. The summed E-state index contributed by atoms with van der Waals surface area (Å²) in [4.78, 5) is -0.0198. The van der Waals surface area contributed by atoms with Gasteiger partial charge in [0, 0.05) is 10.7 Å². The van der Waals surface area contributed by atoms with Crippen LogP contribution < -0.4 is 4.72 Å². The Morgan fingerprint density at radius 3 is 2.82 bits per heavy atom. The van der Waals surface area contributed by atoms with Gasteiger partial charge in [-0.2, -0.15) is 5.10 Å². The third-order valence-corrected chi connectivity index (χ3v) is 3.98. The standard InChI is InChI=1S/C9H7BrFN3O2S/c10-8-2-1-6(11)3-9(8)14-17(15,16)7-4-12-13-5-7/h1-5,14H,(H,12,13). The Hall–Kier alpha value is -1.41. The lowest BCUT2D eigenvalue weighted by molar-refractivity contribution is 0.601. The first-order valence-corrected chi connectivity index (χ1v) is 6.73. The second-order valence-electron chi connectivity index (χ2n) is 3.16. The maximum Gasteiger partial charge on any atom is 0.265 e. The van der Waals surface area contributed by atoms with Gasteiger partial charge in [-0.05, 0) is 34.1 Å². The second kappa shape index (κ2) is 4.46. The van der Waals surface area contributed by atoms with E-state index in [1.54, 1.807) is 0 Å². The third-order valence-electron chi connectivity index (χ3n) is 1.96. The molecule has 0 fully saturated rings. The number of aromatic amines is 1. The molecule has 5 nitrogen and oxygen atoms in total. The number of hydrogen-bond donors (Lipinski definition) is 2. The van der Waals surface area contributed by atoms with E-state index in [0.717, 1.165) is 12.3 Å². The minimum absolute atomic E-state index is 0.0198. The first kappa shape index (κ1) is 12.1. The number of benzene rings is 1. The molecule has 8 heteroatoms. The molecule has 0 amide bonds. The van der Waals surface area contributed by atoms with E-state index in [-0.39, 0.29) is 10.6 Å². The molecular weight excluding hydrogens is 313 g/mol. The highest BCUT2D eigenvalue weighted by Gasteiger charge is 2.16. The monoisotopic (exact) mass is 319 g/mol. The first-order chi connectivity index (χ1) is 7.99. The maximum atomic E-state index is 13.0. The van der Waals surface area contributed by atoms with Crippen LogP contribution >= 0.6 is 15.9 Å². The lowest BCUT2D eigenvalue weighted by Gasteiger charge is -2.07. The van der Waals surface area contributed by atoms with Crippen molar-refractivity contribution in [3.05, 3.63) is 40.9 Å². The van der Waals surface area contributed by atoms with Crippen molar-refractivity contribution in [2.45, 2.75) is 4.90 Å². The molecule has 0 bridgehead atoms. The Labute approximate surface area is 105 Å². The summed E-state index contributed by atoms with van der Waals surface area (Å²) in [6.07, 6.45) is 2.39. The summed E-state index contributed by atoms with van der Waals surface area (Å²) in [5, 5.41) is 5.93. The molecular formula is C9H7BrFN3O2S. The molecule has 17 heavy (non-hydrogen) atoms. The van der Waals surface area contributed by atoms with Crippen molar-refractivity contribution in [2.75, 3.05) is 4.72 Å². The number of nitrogens with one attached hydrogen (secondary N) is 2. The molecule has 2 N–H and O–H groups in total. The van der Waals surface area contributed by atoms with Crippen molar-refractivity contribution in [1.82, 2.24) is 10.2 Å². The molecule has 2 rings (SSSR count). The number of nitrogens with zero attached hydrogens (tertiary/aromatic N) is 1. The molecule has 0 saturated heterocycles. The zero-order chi connectivity index (χ0) is 12.5. The van der Waals surface area contributed by atoms with E-state index in [2.05, 4.69) is 30.8 Å². The molecule has 1 aromatic heterocycles. The Morgan fingerprint density at radius 1 is 1.41 bits per heavy atom. The third kappa shape index (κ3) is 2.64. The Balaban J connectivity index is 2.36. The minimum Gasteiger partial charge on any atom is -0.284 e. The van der Waals surface area contributed by atoms with Crippen LogP contribution in [0, 0.1) is 5.82 Å². The molecule has 1 aromatic carbocycles. The topological polar surface area (TPSA) is 74.8 Å². The lowest BCUT2D eigenvalue weighted by atomic mass is 10.3. The van der Waals surface area contributed by atoms with Crippen LogP contribution in [0.5, 0.6) is 0 Å². The Kier molecular flexibility index (Phi) is 3.16. The van der Waals surface area contributed by atoms with Gasteiger partial charge in [0.25, 0.3) is 10.0 Å². The normalized spacial score (nSPS) is 11.4. The van der Waals surface area contributed by atoms with Crippen LogP contribution in [0.25, 0.3) is 0 Å². The molecule has 0 radical (unpaired) electrons. The molecule has 0 spiro atoms. The summed E-state index contributed by atoms with van der Waals surface area (Å²) in [5.41, 5.74) is 0.131. The second-order valence-corrected chi connectivity index (χ2v) is 5.70. The van der Waals surface area contributed by atoms with Crippen molar-refractivity contribution in [3.63, 3.8) is 0 Å². The smallest absolute Gasteiger partial charge is 0.265 e. The van der Waals surface area contributed by atoms with Gasteiger partial charge in [0.1, 0.15) is 10.7 Å². The number of sulfonamides is 1. The van der Waals surface area contributed by atoms with Crippen molar-refractivity contribution in [1.29, 1.82) is 0 Å². The average molecular weight is 320 g/mol. The fourth-order valence-corrected chi connectivity index (χ4v) is 2.62. The van der Waals surface area contributed by atoms with Crippen molar-refractivity contribution in [2.24, 2.45) is 0 Å². The van der Waals surface area contributed by atoms with Gasteiger partial charge in [0.2, 0.25) is 0 Å². The van der Waals surface area contributed by atoms with E-state index in [1.165, 1.54) is 18.3 Å². The summed E-state index contributed by atoms with van der Waals surface area (Å²) in [6, 6.07) is 3.73. The number of hydrogen-bond acceptors (Lipinski definition) is 3. The maximum absolute atomic E-state index is 13.0. The van der Waals surface area contributed by atoms with Gasteiger partial charge < -0.3 is 0 Å². The Morgan fingerprint density at radius 2 is 2.18 bits per heavy atom. The van der Waals surface area contributed by atoms with Crippen molar-refractivity contribution < 1.29 is 12.8 Å². The minimum atomic E-state index is -3.75. The summed E-state index contributed by atoms with van der Waals surface area (Å²) in [6.45, 7) is 0. The highest BCUT2D eigenvalue weighted by molar-refractivity contribution is 9.10. The number of aromatic nitrogens is 2. The fourth-order valence-electron chi connectivity index (χ4n) is 1.17. The fraction of sp³-hybridized carbons (Fsp3) is 0. The predicted octanol–water partition coefficient (Wildman–Crippen LogP) is 2.11. The molecule has 0 aliphatic carbocycles. The molecule has 2 aromatic rings. The number of rotatable bonds is 3. The quantitative estimate of drug-likeness (QED) is 0.909. The van der Waals surface area contributed by atoms with E-state index >= 15 is 0 Å². The zero-order valence-corrected chi connectivity index (χ0v) is 10.7. The van der Waals surface area contributed by atoms with Gasteiger partial charge in [-0.1, -0.05) is 0 Å². The van der Waals surface area contributed by atoms with E-state index in [9.17, 15) is 12.8 Å². The van der Waals surface area contributed by atoms with Crippen molar-refractivity contribution in [3.8, 4) is 0 Å². The van der Waals surface area contributed by atoms with E-state index in [0.29, 0.717) is 4.47 Å². The first-order valence-electron chi connectivity index (χ1n) is 4.46. The highest BCUT2D eigenvalue weighted by atomic mass is 79.9. The summed E-state index contributed by atoms with van der Waals surface area (Å²) >= 11 is 3.13. The molecule has 0 saturated carbocycles. The summed E-state index contributed by atoms with van der Waals surface area (Å²) in [5.74, 6) is -0.530. The average Bonchev–Trinajstić information content (AvgIpc) is 2.77. The number of anilines is 1. The van der Waals surface area contributed by atoms with Crippen LogP contribution in [0.15, 0.2) is 40.0 Å². The molecule has 1 heterocycles. The molecule has 0 unspecified atom stereocenters. The van der Waals surface area contributed by atoms with Gasteiger partial charge in [-0.25, -0.2) is 12.8 Å². The summed E-state index contributed by atoms with van der Waals surface area (Å²) in [7, 11) is -3.75. The van der Waals surface area contributed by atoms with Crippen LogP contribution in [0.3, 0.4) is 0 Å². The Bertz CT molecular complexity index is 628. The summed E-state index contributed by atoms with van der Waals surface area (Å²) < 4.78 is 39.3. The van der Waals surface area contributed by atoms with Crippen LogP contribution in [-0.2, 0) is 10.0 Å². The zero-order valence-electron chi connectivity index (χ0n) is 8.31. The van der Waals surface area contributed by atoms with Gasteiger partial charge in [0.15, 0.2) is 0 Å². The van der Waals surface area contributed by atoms with Crippen LogP contribution in [0.4, 0.5) is 10.1 Å². The van der Waals surface area contributed by atoms with Gasteiger partial charge in [0.05, 0.1) is 11.9 Å². The van der Waals surface area contributed by atoms with Gasteiger partial charge in [-0.3, -0.25) is 9.82 Å². The number of H-pyrrole nitrogens is 1.